The van der Waals surface area contributed by atoms with Crippen LogP contribution in [0.4, 0.5) is 5.69 Å². The van der Waals surface area contributed by atoms with Gasteiger partial charge >= 0.3 is 0 Å². The molecule has 0 N–H and O–H groups in total. The van der Waals surface area contributed by atoms with Crippen LogP contribution in [0.15, 0.2) is 42.5 Å². The number of ether oxygens (including phenoxy) is 4. The molecule has 2 fully saturated rings. The first-order valence-corrected chi connectivity index (χ1v) is 11.1. The molecule has 7 nitrogen and oxygen atoms in total. The molecule has 4 rings (SSSR count). The van der Waals surface area contributed by atoms with Crippen LogP contribution in [0.25, 0.3) is 0 Å². The third-order valence-corrected chi connectivity index (χ3v) is 6.28. The highest BCUT2D eigenvalue weighted by molar-refractivity contribution is 6.31. The molecule has 8 heteroatoms. The van der Waals surface area contributed by atoms with Crippen LogP contribution in [0.5, 0.6) is 11.5 Å². The van der Waals surface area contributed by atoms with Gasteiger partial charge in [0, 0.05) is 44.4 Å². The fourth-order valence-corrected chi connectivity index (χ4v) is 4.42. The molecule has 172 valence electrons. The van der Waals surface area contributed by atoms with E-state index < -0.39 is 5.79 Å². The molecule has 0 bridgehead atoms. The van der Waals surface area contributed by atoms with Gasteiger partial charge in [-0.3, -0.25) is 4.79 Å². The minimum atomic E-state index is -0.927. The summed E-state index contributed by atoms with van der Waals surface area (Å²) in [6.07, 6.45) is -0.211. The molecule has 2 aromatic carbocycles. The maximum Gasteiger partial charge on any atom is 0.219 e. The number of carbonyl (C=O) groups is 1. The summed E-state index contributed by atoms with van der Waals surface area (Å²) in [5.74, 6) is 0.667. The van der Waals surface area contributed by atoms with E-state index in [1.54, 1.807) is 20.1 Å². The lowest BCUT2D eigenvalue weighted by Crippen LogP contribution is -2.48. The minimum Gasteiger partial charge on any atom is -0.497 e. The molecule has 32 heavy (non-hydrogen) atoms. The Morgan fingerprint density at radius 2 is 1.81 bits per heavy atom. The molecular weight excluding hydrogens is 432 g/mol. The zero-order valence-corrected chi connectivity index (χ0v) is 19.4. The topological polar surface area (TPSA) is 60.5 Å². The van der Waals surface area contributed by atoms with Gasteiger partial charge in [0.15, 0.2) is 5.79 Å². The van der Waals surface area contributed by atoms with Crippen molar-refractivity contribution in [3.8, 4) is 11.5 Å². The van der Waals surface area contributed by atoms with Gasteiger partial charge in [-0.25, -0.2) is 0 Å². The summed E-state index contributed by atoms with van der Waals surface area (Å²) in [5, 5.41) is 0.535. The Kier molecular flexibility index (Phi) is 6.79. The SMILES string of the molecule is COc1ccc(C2(C)OCC(COc3ccc(N4CCN(C(C)=O)CC4)cc3)O2)c(Cl)c1. The number of amides is 1. The second kappa shape index (κ2) is 9.57. The normalized spacial score (nSPS) is 23.3. The zero-order chi connectivity index (χ0) is 22.7. The van der Waals surface area contributed by atoms with Crippen LogP contribution in [0, 0.1) is 0 Å². The van der Waals surface area contributed by atoms with E-state index in [0.29, 0.717) is 24.0 Å². The maximum atomic E-state index is 11.5. The first-order valence-electron chi connectivity index (χ1n) is 10.8. The molecule has 2 aromatic rings. The van der Waals surface area contributed by atoms with E-state index >= 15 is 0 Å². The Bertz CT molecular complexity index is 946. The largest absolute Gasteiger partial charge is 0.497 e. The van der Waals surface area contributed by atoms with Gasteiger partial charge in [0.05, 0.1) is 18.7 Å². The van der Waals surface area contributed by atoms with Crippen LogP contribution in [0.2, 0.25) is 5.02 Å². The van der Waals surface area contributed by atoms with E-state index in [1.807, 2.05) is 48.2 Å². The van der Waals surface area contributed by atoms with Crippen molar-refractivity contribution < 1.29 is 23.7 Å². The molecule has 2 aliphatic rings. The molecular formula is C24H29ClN2O5. The van der Waals surface area contributed by atoms with Crippen LogP contribution < -0.4 is 14.4 Å². The van der Waals surface area contributed by atoms with E-state index in [2.05, 4.69) is 4.90 Å². The summed E-state index contributed by atoms with van der Waals surface area (Å²) in [6, 6.07) is 13.5. The Morgan fingerprint density at radius 1 is 1.12 bits per heavy atom. The van der Waals surface area contributed by atoms with Crippen LogP contribution in [0.1, 0.15) is 19.4 Å². The van der Waals surface area contributed by atoms with Crippen LogP contribution in [-0.2, 0) is 20.1 Å². The smallest absolute Gasteiger partial charge is 0.219 e. The van der Waals surface area contributed by atoms with E-state index in [0.717, 1.165) is 43.2 Å². The van der Waals surface area contributed by atoms with Gasteiger partial charge in [-0.15, -0.1) is 0 Å². The fourth-order valence-electron chi connectivity index (χ4n) is 4.07. The second-order valence-electron chi connectivity index (χ2n) is 8.14. The average molecular weight is 461 g/mol. The van der Waals surface area contributed by atoms with E-state index in [4.69, 9.17) is 30.5 Å². The number of benzene rings is 2. The molecule has 2 heterocycles. The van der Waals surface area contributed by atoms with Gasteiger partial charge in [-0.05, 0) is 49.4 Å². The van der Waals surface area contributed by atoms with Gasteiger partial charge in [0.1, 0.15) is 24.2 Å². The number of carbonyl (C=O) groups excluding carboxylic acids is 1. The molecule has 0 aliphatic carbocycles. The Morgan fingerprint density at radius 3 is 2.44 bits per heavy atom. The van der Waals surface area contributed by atoms with Crippen molar-refractivity contribution >= 4 is 23.2 Å². The van der Waals surface area contributed by atoms with Gasteiger partial charge in [0.2, 0.25) is 5.91 Å². The number of hydrogen-bond acceptors (Lipinski definition) is 6. The number of anilines is 1. The highest BCUT2D eigenvalue weighted by Gasteiger charge is 2.40. The number of hydrogen-bond donors (Lipinski definition) is 0. The summed E-state index contributed by atoms with van der Waals surface area (Å²) in [5.41, 5.74) is 1.89. The lowest BCUT2D eigenvalue weighted by molar-refractivity contribution is -0.164. The molecule has 2 saturated heterocycles. The average Bonchev–Trinajstić information content (AvgIpc) is 3.19. The first kappa shape index (κ1) is 22.7. The number of halogens is 1. The van der Waals surface area contributed by atoms with Crippen molar-refractivity contribution in [3.63, 3.8) is 0 Å². The summed E-state index contributed by atoms with van der Waals surface area (Å²) in [7, 11) is 1.60. The number of piperazine rings is 1. The monoisotopic (exact) mass is 460 g/mol. The molecule has 2 atom stereocenters. The van der Waals surface area contributed by atoms with Crippen molar-refractivity contribution in [2.24, 2.45) is 0 Å². The lowest BCUT2D eigenvalue weighted by Gasteiger charge is -2.35. The van der Waals surface area contributed by atoms with Crippen molar-refractivity contribution in [1.29, 1.82) is 0 Å². The summed E-state index contributed by atoms with van der Waals surface area (Å²) in [6.45, 7) is 7.44. The third-order valence-electron chi connectivity index (χ3n) is 5.96. The van der Waals surface area contributed by atoms with Crippen molar-refractivity contribution in [1.82, 2.24) is 4.90 Å². The number of methoxy groups -OCH3 is 1. The predicted octanol–water partition coefficient (Wildman–Crippen LogP) is 3.68. The lowest BCUT2D eigenvalue weighted by atomic mass is 10.1. The van der Waals surface area contributed by atoms with Crippen LogP contribution in [-0.4, -0.2) is 63.4 Å². The maximum absolute atomic E-state index is 11.5. The summed E-state index contributed by atoms with van der Waals surface area (Å²) < 4.78 is 23.2. The van der Waals surface area contributed by atoms with Gasteiger partial charge in [-0.2, -0.15) is 0 Å². The summed E-state index contributed by atoms with van der Waals surface area (Å²) in [4.78, 5) is 15.6. The molecule has 0 spiro atoms. The van der Waals surface area contributed by atoms with Crippen molar-refractivity contribution in [2.45, 2.75) is 25.7 Å². The Hall–Kier alpha value is -2.48. The molecule has 2 unspecified atom stereocenters. The van der Waals surface area contributed by atoms with Gasteiger partial charge < -0.3 is 28.7 Å². The predicted molar refractivity (Wildman–Crippen MR) is 123 cm³/mol. The van der Waals surface area contributed by atoms with Crippen LogP contribution in [0.3, 0.4) is 0 Å². The Balaban J connectivity index is 1.30. The Labute approximate surface area is 193 Å². The standard InChI is InChI=1S/C24H29ClN2O5/c1-17(28)26-10-12-27(13-11-26)18-4-6-19(7-5-18)30-15-21-16-31-24(2,32-21)22-9-8-20(29-3)14-23(22)25/h4-9,14,21H,10-13,15-16H2,1-3H3. The fraction of sp³-hybridized carbons (Fsp3) is 0.458. The first-order chi connectivity index (χ1) is 15.4. The molecule has 1 amide bonds. The summed E-state index contributed by atoms with van der Waals surface area (Å²) >= 11 is 6.41. The van der Waals surface area contributed by atoms with Crippen molar-refractivity contribution in [2.75, 3.05) is 51.4 Å². The van der Waals surface area contributed by atoms with E-state index in [-0.39, 0.29) is 12.0 Å². The highest BCUT2D eigenvalue weighted by Crippen LogP contribution is 2.39. The third kappa shape index (κ3) is 4.95. The van der Waals surface area contributed by atoms with E-state index in [1.165, 1.54) is 0 Å². The highest BCUT2D eigenvalue weighted by atomic mass is 35.5. The minimum absolute atomic E-state index is 0.136. The van der Waals surface area contributed by atoms with Crippen molar-refractivity contribution in [3.05, 3.63) is 53.1 Å². The molecule has 2 aliphatic heterocycles. The molecule has 0 aromatic heterocycles. The number of nitrogens with zero attached hydrogens (tertiary/aromatic N) is 2. The zero-order valence-electron chi connectivity index (χ0n) is 18.7. The number of rotatable bonds is 6. The van der Waals surface area contributed by atoms with Crippen LogP contribution >= 0.6 is 11.6 Å². The van der Waals surface area contributed by atoms with Gasteiger partial charge in [-0.1, -0.05) is 11.6 Å². The second-order valence-corrected chi connectivity index (χ2v) is 8.55. The van der Waals surface area contributed by atoms with E-state index in [9.17, 15) is 4.79 Å². The molecule has 0 saturated carbocycles. The molecule has 0 radical (unpaired) electrons. The quantitative estimate of drug-likeness (QED) is 0.655. The van der Waals surface area contributed by atoms with Gasteiger partial charge in [0.25, 0.3) is 0 Å².